The van der Waals surface area contributed by atoms with E-state index >= 15 is 0 Å². The van der Waals surface area contributed by atoms with Crippen molar-refractivity contribution in [3.05, 3.63) is 48.2 Å². The first-order chi connectivity index (χ1) is 11.5. The molecule has 0 aliphatic rings. The molecule has 1 atom stereocenters. The van der Waals surface area contributed by atoms with Crippen LogP contribution in [0.2, 0.25) is 0 Å². The lowest BCUT2D eigenvalue weighted by atomic mass is 10.1. The third kappa shape index (κ3) is 3.57. The number of aromatic amines is 1. The maximum atomic E-state index is 11.8. The van der Waals surface area contributed by atoms with Gasteiger partial charge >= 0.3 is 7.75 Å². The molecule has 0 saturated heterocycles. The van der Waals surface area contributed by atoms with Crippen LogP contribution in [-0.2, 0) is 22.1 Å². The van der Waals surface area contributed by atoms with Crippen molar-refractivity contribution >= 4 is 18.6 Å². The molecule has 2 N–H and O–H groups in total. The Morgan fingerprint density at radius 2 is 2.29 bits per heavy atom. The first kappa shape index (κ1) is 16.9. The smallest absolute Gasteiger partial charge is 0.361 e. The van der Waals surface area contributed by atoms with Gasteiger partial charge in [-0.15, -0.1) is 0 Å². The van der Waals surface area contributed by atoms with Gasteiger partial charge in [0.25, 0.3) is 0 Å². The molecule has 0 fully saturated rings. The molecule has 24 heavy (non-hydrogen) atoms. The van der Waals surface area contributed by atoms with Crippen LogP contribution in [0.3, 0.4) is 0 Å². The Kier molecular flexibility index (Phi) is 4.82. The summed E-state index contributed by atoms with van der Waals surface area (Å²) >= 11 is 0. The fourth-order valence-electron chi connectivity index (χ4n) is 2.58. The minimum atomic E-state index is -3.69. The van der Waals surface area contributed by atoms with Crippen molar-refractivity contribution < 1.29 is 14.0 Å². The number of hydrogen-bond acceptors (Lipinski definition) is 4. The number of H-pyrrole nitrogens is 1. The number of nitrogens with zero attached hydrogens (tertiary/aromatic N) is 4. The highest BCUT2D eigenvalue weighted by Gasteiger charge is 2.24. The minimum Gasteiger partial charge on any atom is -0.361 e. The standard InChI is InChI=1S/C15H20N5O3P/c1-19(24(21,22)23-2)6-5-13-8-17-15-4-3-12(7-14(13)15)9-20-11-16-10-18-20/h3-4,7-8,10-11,17H,5-6,9H2,1-2H3,(H,21,22). The number of fused-ring (bicyclic) bond motifs is 1. The average Bonchev–Trinajstić information content (AvgIpc) is 3.22. The van der Waals surface area contributed by atoms with Crippen LogP contribution in [0.4, 0.5) is 0 Å². The van der Waals surface area contributed by atoms with E-state index in [1.807, 2.05) is 18.3 Å². The Morgan fingerprint density at radius 1 is 1.46 bits per heavy atom. The summed E-state index contributed by atoms with van der Waals surface area (Å²) in [5.41, 5.74) is 3.24. The summed E-state index contributed by atoms with van der Waals surface area (Å²) in [5.74, 6) is 0. The molecule has 1 aromatic carbocycles. The van der Waals surface area contributed by atoms with Crippen molar-refractivity contribution in [2.45, 2.75) is 13.0 Å². The fraction of sp³-hybridized carbons (Fsp3) is 0.333. The van der Waals surface area contributed by atoms with Gasteiger partial charge in [-0.1, -0.05) is 6.07 Å². The molecule has 0 spiro atoms. The number of benzene rings is 1. The second-order valence-electron chi connectivity index (χ2n) is 5.59. The highest BCUT2D eigenvalue weighted by Crippen LogP contribution is 2.43. The van der Waals surface area contributed by atoms with Gasteiger partial charge in [0, 0.05) is 30.8 Å². The van der Waals surface area contributed by atoms with Crippen LogP contribution < -0.4 is 0 Å². The topological polar surface area (TPSA) is 96.3 Å². The molecule has 3 aromatic rings. The van der Waals surface area contributed by atoms with Gasteiger partial charge in [-0.05, 0) is 36.7 Å². The van der Waals surface area contributed by atoms with Crippen LogP contribution in [-0.4, -0.2) is 50.0 Å². The Morgan fingerprint density at radius 3 is 3.00 bits per heavy atom. The fourth-order valence-corrected chi connectivity index (χ4v) is 3.21. The van der Waals surface area contributed by atoms with Crippen molar-refractivity contribution in [3.8, 4) is 0 Å². The van der Waals surface area contributed by atoms with Crippen LogP contribution in [0.15, 0.2) is 37.1 Å². The lowest BCUT2D eigenvalue weighted by molar-refractivity contribution is 0.253. The van der Waals surface area contributed by atoms with E-state index in [1.165, 1.54) is 18.1 Å². The highest BCUT2D eigenvalue weighted by atomic mass is 31.2. The van der Waals surface area contributed by atoms with Gasteiger partial charge in [-0.2, -0.15) is 5.10 Å². The maximum Gasteiger partial charge on any atom is 0.405 e. The number of nitrogens with one attached hydrogen (secondary N) is 1. The summed E-state index contributed by atoms with van der Waals surface area (Å²) in [4.78, 5) is 16.8. The van der Waals surface area contributed by atoms with E-state index in [0.29, 0.717) is 19.5 Å². The molecule has 2 heterocycles. The second-order valence-corrected chi connectivity index (χ2v) is 7.62. The zero-order valence-corrected chi connectivity index (χ0v) is 14.5. The molecule has 128 valence electrons. The van der Waals surface area contributed by atoms with Gasteiger partial charge < -0.3 is 14.4 Å². The van der Waals surface area contributed by atoms with Crippen LogP contribution in [0, 0.1) is 0 Å². The third-order valence-corrected chi connectivity index (χ3v) is 5.56. The summed E-state index contributed by atoms with van der Waals surface area (Å²) < 4.78 is 19.5. The highest BCUT2D eigenvalue weighted by molar-refractivity contribution is 7.50. The third-order valence-electron chi connectivity index (χ3n) is 4.02. The molecule has 3 rings (SSSR count). The lowest BCUT2D eigenvalue weighted by Crippen LogP contribution is -2.18. The molecular formula is C15H20N5O3P. The quantitative estimate of drug-likeness (QED) is 0.634. The Labute approximate surface area is 139 Å². The second kappa shape index (κ2) is 6.86. The molecule has 0 saturated carbocycles. The van der Waals surface area contributed by atoms with Gasteiger partial charge in [0.2, 0.25) is 0 Å². The maximum absolute atomic E-state index is 11.8. The van der Waals surface area contributed by atoms with Crippen LogP contribution in [0.1, 0.15) is 11.1 Å². The first-order valence-electron chi connectivity index (χ1n) is 7.51. The summed E-state index contributed by atoms with van der Waals surface area (Å²) in [7, 11) is -0.873. The van der Waals surface area contributed by atoms with Crippen molar-refractivity contribution in [2.75, 3.05) is 20.7 Å². The molecule has 0 aliphatic heterocycles. The van der Waals surface area contributed by atoms with E-state index in [2.05, 4.69) is 25.7 Å². The normalized spacial score (nSPS) is 14.3. The average molecular weight is 349 g/mol. The van der Waals surface area contributed by atoms with Crippen LogP contribution in [0.25, 0.3) is 10.9 Å². The van der Waals surface area contributed by atoms with Crippen LogP contribution in [0.5, 0.6) is 0 Å². The zero-order chi connectivity index (χ0) is 17.2. The minimum absolute atomic E-state index is 0.419. The molecule has 0 bridgehead atoms. The van der Waals surface area contributed by atoms with Crippen molar-refractivity contribution in [1.29, 1.82) is 0 Å². The monoisotopic (exact) mass is 349 g/mol. The van der Waals surface area contributed by atoms with Gasteiger partial charge in [0.15, 0.2) is 0 Å². The van der Waals surface area contributed by atoms with Crippen molar-refractivity contribution in [3.63, 3.8) is 0 Å². The van der Waals surface area contributed by atoms with E-state index in [9.17, 15) is 9.46 Å². The summed E-state index contributed by atoms with van der Waals surface area (Å²) in [6.45, 7) is 1.07. The van der Waals surface area contributed by atoms with E-state index in [-0.39, 0.29) is 0 Å². The number of likely N-dealkylation sites (N-methyl/N-ethyl adjacent to an activating group) is 1. The van der Waals surface area contributed by atoms with Gasteiger partial charge in [0.1, 0.15) is 12.7 Å². The summed E-state index contributed by atoms with van der Waals surface area (Å²) in [6.07, 6.45) is 5.77. The molecule has 2 aromatic heterocycles. The molecule has 8 nitrogen and oxygen atoms in total. The van der Waals surface area contributed by atoms with Crippen molar-refractivity contribution in [1.82, 2.24) is 24.4 Å². The predicted molar refractivity (Wildman–Crippen MR) is 90.6 cm³/mol. The Balaban J connectivity index is 1.77. The van der Waals surface area contributed by atoms with E-state index in [1.54, 1.807) is 18.1 Å². The van der Waals surface area contributed by atoms with E-state index < -0.39 is 7.75 Å². The zero-order valence-electron chi connectivity index (χ0n) is 13.6. The number of hydrogen-bond donors (Lipinski definition) is 2. The van der Waals surface area contributed by atoms with E-state index in [4.69, 9.17) is 0 Å². The SMILES string of the molecule is COP(=O)(O)N(C)CCc1c[nH]c2ccc(Cn3cncn3)cc12. The van der Waals surface area contributed by atoms with Gasteiger partial charge in [-0.3, -0.25) is 0 Å². The molecule has 0 amide bonds. The molecule has 1 unspecified atom stereocenters. The first-order valence-corrected chi connectivity index (χ1v) is 9.04. The summed E-state index contributed by atoms with van der Waals surface area (Å²) in [5, 5.41) is 5.22. The lowest BCUT2D eigenvalue weighted by Gasteiger charge is -2.20. The van der Waals surface area contributed by atoms with Gasteiger partial charge in [-0.25, -0.2) is 18.9 Å². The Bertz CT molecular complexity index is 861. The summed E-state index contributed by atoms with van der Waals surface area (Å²) in [6, 6.07) is 6.18. The number of rotatable bonds is 7. The molecule has 0 aliphatic carbocycles. The molecule has 0 radical (unpaired) electrons. The van der Waals surface area contributed by atoms with E-state index in [0.717, 1.165) is 22.0 Å². The van der Waals surface area contributed by atoms with Crippen molar-refractivity contribution in [2.24, 2.45) is 0 Å². The van der Waals surface area contributed by atoms with Crippen LogP contribution >= 0.6 is 7.75 Å². The Hall–Kier alpha value is -1.99. The molecular weight excluding hydrogens is 329 g/mol. The largest absolute Gasteiger partial charge is 0.405 e. The molecule has 9 heteroatoms. The predicted octanol–water partition coefficient (Wildman–Crippen LogP) is 2.03. The number of aromatic nitrogens is 4. The van der Waals surface area contributed by atoms with Gasteiger partial charge in [0.05, 0.1) is 6.54 Å².